The molecular weight excluding hydrogens is 276 g/mol. The molecule has 0 spiro atoms. The Morgan fingerprint density at radius 2 is 1.62 bits per heavy atom. The van der Waals surface area contributed by atoms with E-state index in [-0.39, 0.29) is 22.3 Å². The molecule has 0 unspecified atom stereocenters. The fraction of sp³-hybridized carbons (Fsp3) is 0.0667. The van der Waals surface area contributed by atoms with Gasteiger partial charge in [-0.2, -0.15) is 0 Å². The Balaban J connectivity index is 2.31. The average molecular weight is 284 g/mol. The molecule has 0 saturated carbocycles. The van der Waals surface area contributed by atoms with Gasteiger partial charge < -0.3 is 9.47 Å². The van der Waals surface area contributed by atoms with Gasteiger partial charge in [0.25, 0.3) is 0 Å². The number of rotatable bonds is 2. The summed E-state index contributed by atoms with van der Waals surface area (Å²) in [5.41, 5.74) is 0.530. The number of hydrogen-bond donors (Lipinski definition) is 0. The van der Waals surface area contributed by atoms with Crippen LogP contribution in [0.1, 0.15) is 41.4 Å². The number of carbonyl (C=O) groups excluding carboxylic acids is 4. The lowest BCUT2D eigenvalue weighted by molar-refractivity contribution is 0.0442. The highest BCUT2D eigenvalue weighted by Crippen LogP contribution is 2.28. The molecule has 6 heteroatoms. The van der Waals surface area contributed by atoms with Crippen LogP contribution in [0.15, 0.2) is 24.3 Å². The van der Waals surface area contributed by atoms with E-state index >= 15 is 0 Å². The van der Waals surface area contributed by atoms with Crippen LogP contribution < -0.4 is 0 Å². The molecule has 21 heavy (non-hydrogen) atoms. The zero-order chi connectivity index (χ0) is 15.1. The van der Waals surface area contributed by atoms with Gasteiger partial charge in [0, 0.05) is 5.56 Å². The first kappa shape index (κ1) is 13.0. The number of aldehydes is 1. The average Bonchev–Trinajstić information content (AvgIpc) is 2.77. The van der Waals surface area contributed by atoms with Crippen LogP contribution in [0.4, 0.5) is 0 Å². The normalized spacial score (nSPS) is 13.0. The number of carbonyl (C=O) groups is 4. The van der Waals surface area contributed by atoms with Gasteiger partial charge in [0.1, 0.15) is 0 Å². The number of hydrogen-bond acceptors (Lipinski definition) is 6. The van der Waals surface area contributed by atoms with Crippen molar-refractivity contribution in [2.45, 2.75) is 0 Å². The van der Waals surface area contributed by atoms with E-state index < -0.39 is 17.9 Å². The molecule has 2 aromatic carbocycles. The molecular formula is C15H8O6. The van der Waals surface area contributed by atoms with Gasteiger partial charge in [0.05, 0.1) is 23.8 Å². The summed E-state index contributed by atoms with van der Waals surface area (Å²) in [5.74, 6) is -2.10. The summed E-state index contributed by atoms with van der Waals surface area (Å²) >= 11 is 0. The highest BCUT2D eigenvalue weighted by Gasteiger charge is 2.30. The molecule has 0 aromatic heterocycles. The number of ether oxygens (including phenoxy) is 2. The van der Waals surface area contributed by atoms with Gasteiger partial charge in [-0.3, -0.25) is 4.79 Å². The Kier molecular flexibility index (Phi) is 2.79. The van der Waals surface area contributed by atoms with Crippen molar-refractivity contribution >= 4 is 35.0 Å². The van der Waals surface area contributed by atoms with Crippen LogP contribution in [0.3, 0.4) is 0 Å². The topological polar surface area (TPSA) is 86.7 Å². The quantitative estimate of drug-likeness (QED) is 0.474. The van der Waals surface area contributed by atoms with Crippen molar-refractivity contribution < 1.29 is 28.7 Å². The number of cyclic esters (lactones) is 2. The van der Waals surface area contributed by atoms with Crippen LogP contribution in [-0.2, 0) is 9.47 Å². The third kappa shape index (κ3) is 1.88. The second-order valence-electron chi connectivity index (χ2n) is 4.47. The first-order valence-corrected chi connectivity index (χ1v) is 5.97. The van der Waals surface area contributed by atoms with Crippen LogP contribution in [0.5, 0.6) is 0 Å². The van der Waals surface area contributed by atoms with E-state index in [1.165, 1.54) is 31.4 Å². The maximum atomic E-state index is 11.7. The molecule has 0 aliphatic carbocycles. The summed E-state index contributed by atoms with van der Waals surface area (Å²) in [6, 6.07) is 5.83. The Hall–Kier alpha value is -3.02. The molecule has 0 saturated heterocycles. The molecule has 0 fully saturated rings. The van der Waals surface area contributed by atoms with Crippen molar-refractivity contribution in [2.75, 3.05) is 7.11 Å². The van der Waals surface area contributed by atoms with Gasteiger partial charge >= 0.3 is 17.9 Å². The van der Waals surface area contributed by atoms with Crippen molar-refractivity contribution in [1.29, 1.82) is 0 Å². The van der Waals surface area contributed by atoms with Crippen LogP contribution >= 0.6 is 0 Å². The molecule has 0 atom stereocenters. The lowest BCUT2D eigenvalue weighted by Gasteiger charge is -2.06. The minimum absolute atomic E-state index is 0.0950. The minimum Gasteiger partial charge on any atom is -0.465 e. The van der Waals surface area contributed by atoms with Crippen molar-refractivity contribution in [3.8, 4) is 0 Å². The lowest BCUT2D eigenvalue weighted by atomic mass is 9.97. The zero-order valence-corrected chi connectivity index (χ0v) is 10.8. The highest BCUT2D eigenvalue weighted by molar-refractivity contribution is 6.17. The molecule has 1 aliphatic rings. The van der Waals surface area contributed by atoms with E-state index in [9.17, 15) is 19.2 Å². The number of fused-ring (bicyclic) bond motifs is 2. The molecule has 0 N–H and O–H groups in total. The monoisotopic (exact) mass is 284 g/mol. The lowest BCUT2D eigenvalue weighted by Crippen LogP contribution is -2.05. The Morgan fingerprint density at radius 1 is 1.05 bits per heavy atom. The van der Waals surface area contributed by atoms with Crippen LogP contribution in [-0.4, -0.2) is 31.3 Å². The predicted octanol–water partition coefficient (Wildman–Crippen LogP) is 1.75. The van der Waals surface area contributed by atoms with Gasteiger partial charge in [-0.1, -0.05) is 0 Å². The molecule has 1 heterocycles. The van der Waals surface area contributed by atoms with Gasteiger partial charge in [-0.05, 0) is 35.0 Å². The van der Waals surface area contributed by atoms with Gasteiger partial charge in [-0.15, -0.1) is 0 Å². The first-order valence-electron chi connectivity index (χ1n) is 5.97. The van der Waals surface area contributed by atoms with Crippen molar-refractivity contribution in [2.24, 2.45) is 0 Å². The predicted molar refractivity (Wildman–Crippen MR) is 70.4 cm³/mol. The maximum absolute atomic E-state index is 11.7. The molecule has 0 amide bonds. The number of benzene rings is 2. The van der Waals surface area contributed by atoms with E-state index in [1.54, 1.807) is 0 Å². The van der Waals surface area contributed by atoms with Gasteiger partial charge in [-0.25, -0.2) is 14.4 Å². The third-order valence-corrected chi connectivity index (χ3v) is 3.30. The second kappa shape index (κ2) is 4.52. The van der Waals surface area contributed by atoms with Crippen LogP contribution in [0, 0.1) is 0 Å². The fourth-order valence-corrected chi connectivity index (χ4v) is 2.28. The molecule has 3 rings (SSSR count). The number of methoxy groups -OCH3 is 1. The van der Waals surface area contributed by atoms with Gasteiger partial charge in [0.15, 0.2) is 6.29 Å². The first-order chi connectivity index (χ1) is 10.0. The molecule has 0 radical (unpaired) electrons. The van der Waals surface area contributed by atoms with E-state index in [4.69, 9.17) is 0 Å². The minimum atomic E-state index is -0.726. The van der Waals surface area contributed by atoms with E-state index in [2.05, 4.69) is 9.47 Å². The highest BCUT2D eigenvalue weighted by atomic mass is 16.6. The number of esters is 3. The molecule has 2 aromatic rings. The fourth-order valence-electron chi connectivity index (χ4n) is 2.28. The molecule has 104 valence electrons. The molecule has 6 nitrogen and oxygen atoms in total. The van der Waals surface area contributed by atoms with E-state index in [0.29, 0.717) is 17.1 Å². The Morgan fingerprint density at radius 3 is 2.14 bits per heavy atom. The van der Waals surface area contributed by atoms with Crippen LogP contribution in [0.25, 0.3) is 10.8 Å². The van der Waals surface area contributed by atoms with E-state index in [1.807, 2.05) is 0 Å². The van der Waals surface area contributed by atoms with E-state index in [0.717, 1.165) is 0 Å². The second-order valence-corrected chi connectivity index (χ2v) is 4.47. The van der Waals surface area contributed by atoms with Gasteiger partial charge in [0.2, 0.25) is 0 Å². The summed E-state index contributed by atoms with van der Waals surface area (Å²) in [6.07, 6.45) is 0.530. The SMILES string of the molecule is COC(=O)c1cc2cc3c(cc2cc1C=O)C(=O)OC3=O. The Bertz CT molecular complexity index is 834. The maximum Gasteiger partial charge on any atom is 0.346 e. The summed E-state index contributed by atoms with van der Waals surface area (Å²) < 4.78 is 9.13. The standard InChI is InChI=1S/C15H8O6/c1-20-13(17)10-3-8-5-12-11(14(18)21-15(12)19)4-7(8)2-9(10)6-16/h2-6H,1H3. The summed E-state index contributed by atoms with van der Waals surface area (Å²) in [6.45, 7) is 0. The largest absolute Gasteiger partial charge is 0.465 e. The van der Waals surface area contributed by atoms with Crippen LogP contribution in [0.2, 0.25) is 0 Å². The molecule has 0 bridgehead atoms. The summed E-state index contributed by atoms with van der Waals surface area (Å²) in [7, 11) is 1.21. The van der Waals surface area contributed by atoms with Crippen molar-refractivity contribution in [3.63, 3.8) is 0 Å². The third-order valence-electron chi connectivity index (χ3n) is 3.30. The summed E-state index contributed by atoms with van der Waals surface area (Å²) in [4.78, 5) is 45.8. The van der Waals surface area contributed by atoms with Crippen molar-refractivity contribution in [3.05, 3.63) is 46.5 Å². The summed E-state index contributed by atoms with van der Waals surface area (Å²) in [5, 5.41) is 1.08. The van der Waals surface area contributed by atoms with Crippen molar-refractivity contribution in [1.82, 2.24) is 0 Å². The molecule has 1 aliphatic heterocycles. The smallest absolute Gasteiger partial charge is 0.346 e. The Labute approximate surface area is 118 Å². The zero-order valence-electron chi connectivity index (χ0n) is 10.8.